The van der Waals surface area contributed by atoms with Crippen LogP contribution in [-0.4, -0.2) is 40.7 Å². The molecule has 0 saturated carbocycles. The first-order valence-electron chi connectivity index (χ1n) is 10.4. The quantitative estimate of drug-likeness (QED) is 0.673. The van der Waals surface area contributed by atoms with Gasteiger partial charge in [-0.2, -0.15) is 0 Å². The Bertz CT molecular complexity index is 1060. The van der Waals surface area contributed by atoms with Crippen LogP contribution in [-0.2, 0) is 13.0 Å². The summed E-state index contributed by atoms with van der Waals surface area (Å²) in [5.74, 6) is 1.66. The highest BCUT2D eigenvalue weighted by Crippen LogP contribution is 2.30. The number of rotatable bonds is 3. The lowest BCUT2D eigenvalue weighted by atomic mass is 10.2. The molecule has 5 rings (SSSR count). The van der Waals surface area contributed by atoms with Gasteiger partial charge in [0.25, 0.3) is 0 Å². The van der Waals surface area contributed by atoms with Crippen LogP contribution in [0, 0.1) is 13.8 Å². The van der Waals surface area contributed by atoms with Crippen LogP contribution in [0.3, 0.4) is 0 Å². The third-order valence-electron chi connectivity index (χ3n) is 5.58. The van der Waals surface area contributed by atoms with Crippen molar-refractivity contribution in [2.45, 2.75) is 26.8 Å². The lowest BCUT2D eigenvalue weighted by Gasteiger charge is -2.38. The van der Waals surface area contributed by atoms with Gasteiger partial charge in [0.05, 0.1) is 13.3 Å². The van der Waals surface area contributed by atoms with Crippen molar-refractivity contribution in [2.24, 2.45) is 4.99 Å². The molecule has 6 nitrogen and oxygen atoms in total. The number of para-hydroxylation sites is 1. The molecule has 0 N–H and O–H groups in total. The van der Waals surface area contributed by atoms with Crippen molar-refractivity contribution in [3.63, 3.8) is 0 Å². The molecule has 152 valence electrons. The number of nitrogens with zero attached hydrogens (tertiary/aromatic N) is 6. The van der Waals surface area contributed by atoms with Gasteiger partial charge in [0.15, 0.2) is 0 Å². The molecule has 0 aliphatic carbocycles. The van der Waals surface area contributed by atoms with Crippen molar-refractivity contribution < 1.29 is 0 Å². The fraction of sp³-hybridized carbons (Fsp3) is 0.292. The molecule has 3 aromatic rings. The smallest absolute Gasteiger partial charge is 0.233 e. The monoisotopic (exact) mass is 398 g/mol. The van der Waals surface area contributed by atoms with E-state index in [9.17, 15) is 0 Å². The molecule has 2 aliphatic rings. The van der Waals surface area contributed by atoms with Crippen LogP contribution in [0.15, 0.2) is 65.7 Å². The Morgan fingerprint density at radius 2 is 1.60 bits per heavy atom. The summed E-state index contributed by atoms with van der Waals surface area (Å²) in [6.07, 6.45) is 1.03. The first-order valence-corrected chi connectivity index (χ1v) is 10.4. The van der Waals surface area contributed by atoms with Crippen molar-refractivity contribution in [3.8, 4) is 0 Å². The van der Waals surface area contributed by atoms with Crippen molar-refractivity contribution >= 4 is 17.6 Å². The van der Waals surface area contributed by atoms with Gasteiger partial charge in [0.1, 0.15) is 0 Å². The van der Waals surface area contributed by atoms with Crippen molar-refractivity contribution in [1.82, 2.24) is 14.9 Å². The Kier molecular flexibility index (Phi) is 4.93. The van der Waals surface area contributed by atoms with Crippen LogP contribution in [0.2, 0.25) is 0 Å². The summed E-state index contributed by atoms with van der Waals surface area (Å²) in [6, 6.07) is 21.1. The second-order valence-corrected chi connectivity index (χ2v) is 7.96. The molecule has 6 heteroatoms. The molecular weight excluding hydrogens is 372 g/mol. The first kappa shape index (κ1) is 18.8. The summed E-state index contributed by atoms with van der Waals surface area (Å²) in [6.45, 7) is 7.17. The van der Waals surface area contributed by atoms with Gasteiger partial charge in [0.2, 0.25) is 11.9 Å². The van der Waals surface area contributed by atoms with E-state index < -0.39 is 0 Å². The first-order chi connectivity index (χ1) is 14.7. The van der Waals surface area contributed by atoms with Crippen LogP contribution < -0.4 is 9.80 Å². The predicted octanol–water partition coefficient (Wildman–Crippen LogP) is 3.75. The van der Waals surface area contributed by atoms with Gasteiger partial charge in [-0.05, 0) is 43.5 Å². The van der Waals surface area contributed by atoms with Crippen molar-refractivity contribution in [2.75, 3.05) is 29.7 Å². The number of fused-ring (bicyclic) bond motifs is 1. The molecule has 0 bridgehead atoms. The molecule has 0 unspecified atom stereocenters. The maximum atomic E-state index is 5.02. The highest BCUT2D eigenvalue weighted by molar-refractivity contribution is 6.07. The Morgan fingerprint density at radius 1 is 0.867 bits per heavy atom. The topological polar surface area (TPSA) is 47.9 Å². The summed E-state index contributed by atoms with van der Waals surface area (Å²) in [7, 11) is 0. The lowest BCUT2D eigenvalue weighted by Crippen LogP contribution is -2.53. The molecule has 3 heterocycles. The van der Waals surface area contributed by atoms with E-state index in [0.717, 1.165) is 36.9 Å². The standard InChI is InChI=1S/C24H26N6/c1-18-14-19(2)27-23(26-18)30-17-28(15-20-8-4-3-5-9-20)16-25-24(30)29-13-12-21-10-6-7-11-22(21)29/h3-11,14H,12-13,15-17H2,1-2H3. The Hall–Kier alpha value is -3.25. The van der Waals surface area contributed by atoms with Gasteiger partial charge >= 0.3 is 0 Å². The normalized spacial score (nSPS) is 16.5. The highest BCUT2D eigenvalue weighted by atomic mass is 15.5. The third kappa shape index (κ3) is 3.66. The molecular formula is C24H26N6. The van der Waals surface area contributed by atoms with Gasteiger partial charge < -0.3 is 4.90 Å². The van der Waals surface area contributed by atoms with Gasteiger partial charge in [0, 0.05) is 30.2 Å². The Balaban J connectivity index is 1.50. The fourth-order valence-electron chi connectivity index (χ4n) is 4.26. The summed E-state index contributed by atoms with van der Waals surface area (Å²) < 4.78 is 0. The van der Waals surface area contributed by atoms with E-state index in [1.165, 1.54) is 16.8 Å². The minimum Gasteiger partial charge on any atom is -0.312 e. The third-order valence-corrected chi connectivity index (χ3v) is 5.58. The molecule has 2 aromatic carbocycles. The van der Waals surface area contributed by atoms with E-state index in [2.05, 4.69) is 69.3 Å². The zero-order valence-corrected chi connectivity index (χ0v) is 17.5. The summed E-state index contributed by atoms with van der Waals surface area (Å²) in [5.41, 5.74) is 5.83. The summed E-state index contributed by atoms with van der Waals surface area (Å²) in [5, 5.41) is 0. The predicted molar refractivity (Wildman–Crippen MR) is 121 cm³/mol. The van der Waals surface area contributed by atoms with Crippen LogP contribution >= 0.6 is 0 Å². The number of anilines is 2. The fourth-order valence-corrected chi connectivity index (χ4v) is 4.26. The van der Waals surface area contributed by atoms with E-state index in [1.54, 1.807) is 0 Å². The number of aliphatic imine (C=N–C) groups is 1. The summed E-state index contributed by atoms with van der Waals surface area (Å²) in [4.78, 5) is 21.3. The zero-order valence-electron chi connectivity index (χ0n) is 17.5. The van der Waals surface area contributed by atoms with Gasteiger partial charge in [-0.15, -0.1) is 0 Å². The van der Waals surface area contributed by atoms with Gasteiger partial charge in [-0.1, -0.05) is 48.5 Å². The van der Waals surface area contributed by atoms with E-state index in [-0.39, 0.29) is 0 Å². The largest absolute Gasteiger partial charge is 0.312 e. The molecule has 0 radical (unpaired) electrons. The van der Waals surface area contributed by atoms with Gasteiger partial charge in [-0.25, -0.2) is 15.0 Å². The van der Waals surface area contributed by atoms with Crippen LogP contribution in [0.4, 0.5) is 11.6 Å². The maximum absolute atomic E-state index is 5.02. The number of benzene rings is 2. The molecule has 0 fully saturated rings. The number of guanidine groups is 1. The average Bonchev–Trinajstić information content (AvgIpc) is 3.18. The molecule has 0 atom stereocenters. The van der Waals surface area contributed by atoms with E-state index in [0.29, 0.717) is 19.3 Å². The molecule has 30 heavy (non-hydrogen) atoms. The minimum atomic E-state index is 0.657. The number of aromatic nitrogens is 2. The second-order valence-electron chi connectivity index (χ2n) is 7.96. The Morgan fingerprint density at radius 3 is 2.40 bits per heavy atom. The number of hydrogen-bond acceptors (Lipinski definition) is 6. The van der Waals surface area contributed by atoms with E-state index in [1.807, 2.05) is 19.9 Å². The number of aryl methyl sites for hydroxylation is 2. The van der Waals surface area contributed by atoms with Crippen molar-refractivity contribution in [3.05, 3.63) is 83.2 Å². The minimum absolute atomic E-state index is 0.657. The molecule has 0 saturated heterocycles. The summed E-state index contributed by atoms with van der Waals surface area (Å²) >= 11 is 0. The molecule has 0 amide bonds. The second kappa shape index (κ2) is 7.88. The van der Waals surface area contributed by atoms with E-state index >= 15 is 0 Å². The van der Waals surface area contributed by atoms with Crippen LogP contribution in [0.5, 0.6) is 0 Å². The van der Waals surface area contributed by atoms with E-state index in [4.69, 9.17) is 15.0 Å². The Labute approximate surface area is 177 Å². The average molecular weight is 399 g/mol. The SMILES string of the molecule is Cc1cc(C)nc(N2CN(Cc3ccccc3)CN=C2N2CCc3ccccc32)n1. The lowest BCUT2D eigenvalue weighted by molar-refractivity contribution is 0.270. The molecule has 0 spiro atoms. The molecule has 1 aromatic heterocycles. The van der Waals surface area contributed by atoms with Crippen LogP contribution in [0.1, 0.15) is 22.5 Å². The maximum Gasteiger partial charge on any atom is 0.233 e. The van der Waals surface area contributed by atoms with Gasteiger partial charge in [-0.3, -0.25) is 9.80 Å². The van der Waals surface area contributed by atoms with Crippen molar-refractivity contribution in [1.29, 1.82) is 0 Å². The molecule has 2 aliphatic heterocycles. The zero-order chi connectivity index (χ0) is 20.5. The van der Waals surface area contributed by atoms with Crippen LogP contribution in [0.25, 0.3) is 0 Å². The highest BCUT2D eigenvalue weighted by Gasteiger charge is 2.32. The number of hydrogen-bond donors (Lipinski definition) is 0.